The second-order valence-electron chi connectivity index (χ2n) is 3.74. The van der Waals surface area contributed by atoms with E-state index in [1.54, 1.807) is 22.7 Å². The molecule has 0 unspecified atom stereocenters. The van der Waals surface area contributed by atoms with Crippen LogP contribution in [0.4, 0.5) is 5.82 Å². The molecule has 0 aliphatic heterocycles. The fourth-order valence-corrected chi connectivity index (χ4v) is 3.06. The second kappa shape index (κ2) is 5.01. The first-order chi connectivity index (χ1) is 8.83. The van der Waals surface area contributed by atoms with Gasteiger partial charge in [-0.25, -0.2) is 9.97 Å². The van der Waals surface area contributed by atoms with Gasteiger partial charge in [0.2, 0.25) is 0 Å². The van der Waals surface area contributed by atoms with Crippen molar-refractivity contribution in [2.24, 2.45) is 0 Å². The predicted octanol–water partition coefficient (Wildman–Crippen LogP) is 3.05. The SMILES string of the molecule is Nc1nc(COCc2cccs2)nc2sccc12. The van der Waals surface area contributed by atoms with Crippen LogP contribution in [0.1, 0.15) is 10.7 Å². The topological polar surface area (TPSA) is 61.0 Å². The molecule has 0 amide bonds. The van der Waals surface area contributed by atoms with Crippen LogP contribution in [0.5, 0.6) is 0 Å². The number of fused-ring (bicyclic) bond motifs is 1. The van der Waals surface area contributed by atoms with Gasteiger partial charge >= 0.3 is 0 Å². The van der Waals surface area contributed by atoms with Gasteiger partial charge in [-0.1, -0.05) is 6.07 Å². The summed E-state index contributed by atoms with van der Waals surface area (Å²) in [4.78, 5) is 10.8. The Labute approximate surface area is 112 Å². The molecule has 0 fully saturated rings. The van der Waals surface area contributed by atoms with E-state index in [-0.39, 0.29) is 0 Å². The van der Waals surface area contributed by atoms with Crippen molar-refractivity contribution in [2.45, 2.75) is 13.2 Å². The predicted molar refractivity (Wildman–Crippen MR) is 74.6 cm³/mol. The van der Waals surface area contributed by atoms with E-state index in [1.807, 2.05) is 29.0 Å². The standard InChI is InChI=1S/C12H11N3OS2/c13-11-9-3-5-18-12(9)15-10(14-11)7-16-6-8-2-1-4-17-8/h1-5H,6-7H2,(H2,13,14,15). The zero-order valence-electron chi connectivity index (χ0n) is 9.50. The molecule has 92 valence electrons. The number of aromatic nitrogens is 2. The van der Waals surface area contributed by atoms with Crippen molar-refractivity contribution in [1.29, 1.82) is 0 Å². The molecule has 0 aliphatic rings. The maximum Gasteiger partial charge on any atom is 0.158 e. The van der Waals surface area contributed by atoms with E-state index in [2.05, 4.69) is 9.97 Å². The summed E-state index contributed by atoms with van der Waals surface area (Å²) >= 11 is 3.24. The first kappa shape index (κ1) is 11.6. The van der Waals surface area contributed by atoms with Gasteiger partial charge in [-0.05, 0) is 22.9 Å². The Morgan fingerprint density at radius 3 is 2.89 bits per heavy atom. The second-order valence-corrected chi connectivity index (χ2v) is 5.66. The molecule has 0 saturated carbocycles. The Kier molecular flexibility index (Phi) is 3.22. The van der Waals surface area contributed by atoms with Crippen LogP contribution < -0.4 is 5.73 Å². The van der Waals surface area contributed by atoms with Gasteiger partial charge in [0, 0.05) is 4.88 Å². The van der Waals surface area contributed by atoms with Gasteiger partial charge in [0.25, 0.3) is 0 Å². The smallest absolute Gasteiger partial charge is 0.158 e. The molecule has 18 heavy (non-hydrogen) atoms. The normalized spacial score (nSPS) is 11.1. The Hall–Kier alpha value is -1.50. The van der Waals surface area contributed by atoms with Crippen LogP contribution in [0, 0.1) is 0 Å². The molecule has 0 saturated heterocycles. The zero-order chi connectivity index (χ0) is 12.4. The number of nitrogens with zero attached hydrogens (tertiary/aromatic N) is 2. The Balaban J connectivity index is 1.70. The average Bonchev–Trinajstić information content (AvgIpc) is 2.99. The van der Waals surface area contributed by atoms with Crippen molar-refractivity contribution >= 4 is 38.7 Å². The highest BCUT2D eigenvalue weighted by molar-refractivity contribution is 7.16. The molecule has 0 bridgehead atoms. The highest BCUT2D eigenvalue weighted by Crippen LogP contribution is 2.23. The van der Waals surface area contributed by atoms with Gasteiger partial charge in [-0.2, -0.15) is 0 Å². The molecular formula is C12H11N3OS2. The van der Waals surface area contributed by atoms with Gasteiger partial charge in [-0.15, -0.1) is 22.7 Å². The van der Waals surface area contributed by atoms with E-state index in [4.69, 9.17) is 10.5 Å². The van der Waals surface area contributed by atoms with Crippen LogP contribution >= 0.6 is 22.7 Å². The number of hydrogen-bond donors (Lipinski definition) is 1. The van der Waals surface area contributed by atoms with E-state index in [0.29, 0.717) is 24.9 Å². The fraction of sp³-hybridized carbons (Fsp3) is 0.167. The van der Waals surface area contributed by atoms with Crippen molar-refractivity contribution in [2.75, 3.05) is 5.73 Å². The van der Waals surface area contributed by atoms with Crippen molar-refractivity contribution < 1.29 is 4.74 Å². The zero-order valence-corrected chi connectivity index (χ0v) is 11.1. The average molecular weight is 277 g/mol. The summed E-state index contributed by atoms with van der Waals surface area (Å²) in [6.45, 7) is 0.972. The van der Waals surface area contributed by atoms with Crippen molar-refractivity contribution in [3.8, 4) is 0 Å². The van der Waals surface area contributed by atoms with Gasteiger partial charge in [0.15, 0.2) is 5.82 Å². The molecule has 3 aromatic rings. The summed E-state index contributed by atoms with van der Waals surface area (Å²) in [5.74, 6) is 1.16. The van der Waals surface area contributed by atoms with Crippen LogP contribution in [0.2, 0.25) is 0 Å². The van der Waals surface area contributed by atoms with Crippen molar-refractivity contribution in [3.63, 3.8) is 0 Å². The molecule has 0 radical (unpaired) electrons. The van der Waals surface area contributed by atoms with Crippen LogP contribution in [-0.2, 0) is 18.0 Å². The summed E-state index contributed by atoms with van der Waals surface area (Å²) in [6, 6.07) is 5.99. The molecular weight excluding hydrogens is 266 g/mol. The van der Waals surface area contributed by atoms with Gasteiger partial charge in [0.1, 0.15) is 17.3 Å². The minimum absolute atomic E-state index is 0.385. The minimum atomic E-state index is 0.385. The number of nitrogens with two attached hydrogens (primary N) is 1. The number of thiophene rings is 2. The quantitative estimate of drug-likeness (QED) is 0.796. The molecule has 3 heterocycles. The van der Waals surface area contributed by atoms with Gasteiger partial charge < -0.3 is 10.5 Å². The van der Waals surface area contributed by atoms with E-state index < -0.39 is 0 Å². The summed E-state index contributed by atoms with van der Waals surface area (Å²) in [6.07, 6.45) is 0. The Morgan fingerprint density at radius 1 is 1.11 bits per heavy atom. The third-order valence-electron chi connectivity index (χ3n) is 2.46. The number of rotatable bonds is 4. The molecule has 2 N–H and O–H groups in total. The highest BCUT2D eigenvalue weighted by Gasteiger charge is 2.06. The van der Waals surface area contributed by atoms with Crippen LogP contribution in [0.25, 0.3) is 10.2 Å². The highest BCUT2D eigenvalue weighted by atomic mass is 32.1. The monoisotopic (exact) mass is 277 g/mol. The third-order valence-corrected chi connectivity index (χ3v) is 4.11. The summed E-state index contributed by atoms with van der Waals surface area (Å²) in [5, 5.41) is 4.92. The van der Waals surface area contributed by atoms with Crippen molar-refractivity contribution in [3.05, 3.63) is 39.7 Å². The molecule has 0 aromatic carbocycles. The van der Waals surface area contributed by atoms with E-state index in [9.17, 15) is 0 Å². The Bertz CT molecular complexity index is 648. The van der Waals surface area contributed by atoms with E-state index in [0.717, 1.165) is 10.2 Å². The molecule has 6 heteroatoms. The number of anilines is 1. The lowest BCUT2D eigenvalue weighted by Gasteiger charge is -2.03. The maximum atomic E-state index is 5.87. The van der Waals surface area contributed by atoms with E-state index >= 15 is 0 Å². The van der Waals surface area contributed by atoms with Gasteiger partial charge in [-0.3, -0.25) is 0 Å². The summed E-state index contributed by atoms with van der Waals surface area (Å²) in [7, 11) is 0. The lowest BCUT2D eigenvalue weighted by molar-refractivity contribution is 0.104. The first-order valence-corrected chi connectivity index (χ1v) is 7.18. The molecule has 3 rings (SSSR count). The third kappa shape index (κ3) is 2.35. The molecule has 3 aromatic heterocycles. The fourth-order valence-electron chi connectivity index (χ4n) is 1.63. The maximum absolute atomic E-state index is 5.87. The largest absolute Gasteiger partial charge is 0.383 e. The molecule has 0 spiro atoms. The molecule has 4 nitrogen and oxygen atoms in total. The van der Waals surface area contributed by atoms with Crippen LogP contribution in [-0.4, -0.2) is 9.97 Å². The first-order valence-electron chi connectivity index (χ1n) is 5.42. The summed E-state index contributed by atoms with van der Waals surface area (Å²) < 4.78 is 5.58. The van der Waals surface area contributed by atoms with Crippen LogP contribution in [0.3, 0.4) is 0 Å². The van der Waals surface area contributed by atoms with Crippen LogP contribution in [0.15, 0.2) is 29.0 Å². The summed E-state index contributed by atoms with van der Waals surface area (Å²) in [5.41, 5.74) is 5.87. The lowest BCUT2D eigenvalue weighted by Crippen LogP contribution is -2.02. The Morgan fingerprint density at radius 2 is 2.06 bits per heavy atom. The van der Waals surface area contributed by atoms with Crippen molar-refractivity contribution in [1.82, 2.24) is 9.97 Å². The minimum Gasteiger partial charge on any atom is -0.383 e. The van der Waals surface area contributed by atoms with E-state index in [1.165, 1.54) is 4.88 Å². The number of hydrogen-bond acceptors (Lipinski definition) is 6. The lowest BCUT2D eigenvalue weighted by atomic mass is 10.4. The molecule has 0 aliphatic carbocycles. The number of nitrogen functional groups attached to an aromatic ring is 1. The van der Waals surface area contributed by atoms with Gasteiger partial charge in [0.05, 0.1) is 12.0 Å². The number of ether oxygens (including phenoxy) is 1. The molecule has 0 atom stereocenters.